The molecule has 1 fully saturated rings. The van der Waals surface area contributed by atoms with Crippen molar-refractivity contribution in [2.45, 2.75) is 44.6 Å². The minimum absolute atomic E-state index is 0.0273. The van der Waals surface area contributed by atoms with E-state index in [9.17, 15) is 9.18 Å². The first-order chi connectivity index (χ1) is 12.3. The zero-order valence-electron chi connectivity index (χ0n) is 16.1. The van der Waals surface area contributed by atoms with Gasteiger partial charge in [0.1, 0.15) is 11.9 Å². The van der Waals surface area contributed by atoms with Crippen molar-refractivity contribution in [1.82, 2.24) is 15.1 Å². The molecule has 0 radical (unpaired) electrons. The maximum absolute atomic E-state index is 13.5. The molecular weight excluding hydrogens is 335 g/mol. The molecule has 2 amide bonds. The van der Waals surface area contributed by atoms with Crippen LogP contribution in [0.15, 0.2) is 24.3 Å². The van der Waals surface area contributed by atoms with Crippen molar-refractivity contribution in [1.29, 1.82) is 0 Å². The first kappa shape index (κ1) is 20.5. The highest BCUT2D eigenvalue weighted by Crippen LogP contribution is 2.22. The lowest BCUT2D eigenvalue weighted by Gasteiger charge is -2.34. The van der Waals surface area contributed by atoms with Crippen LogP contribution in [0.3, 0.4) is 0 Å². The van der Waals surface area contributed by atoms with Crippen molar-refractivity contribution < 1.29 is 13.9 Å². The smallest absolute Gasteiger partial charge is 0.317 e. The molecule has 7 heteroatoms. The molecule has 1 saturated heterocycles. The Morgan fingerprint density at radius 1 is 1.38 bits per heavy atom. The van der Waals surface area contributed by atoms with E-state index in [1.54, 1.807) is 4.90 Å². The molecule has 3 atom stereocenters. The zero-order valence-corrected chi connectivity index (χ0v) is 16.1. The fourth-order valence-corrected chi connectivity index (χ4v) is 3.07. The number of hydrogen-bond donors (Lipinski definition) is 2. The summed E-state index contributed by atoms with van der Waals surface area (Å²) in [6, 6.07) is 7.14. The molecule has 0 aliphatic carbocycles. The molecule has 1 unspecified atom stereocenters. The Labute approximate surface area is 155 Å². The molecule has 1 aliphatic heterocycles. The van der Waals surface area contributed by atoms with Crippen LogP contribution in [0.4, 0.5) is 9.18 Å². The summed E-state index contributed by atoms with van der Waals surface area (Å²) in [7, 11) is 3.94. The van der Waals surface area contributed by atoms with Crippen LogP contribution in [0.1, 0.15) is 31.9 Å². The van der Waals surface area contributed by atoms with Crippen LogP contribution in [0.2, 0.25) is 0 Å². The minimum Gasteiger partial charge on any atom is -0.491 e. The van der Waals surface area contributed by atoms with Gasteiger partial charge in [-0.1, -0.05) is 12.1 Å². The highest BCUT2D eigenvalue weighted by atomic mass is 19.1. The third-order valence-corrected chi connectivity index (χ3v) is 4.56. The molecule has 2 rings (SSSR count). The van der Waals surface area contributed by atoms with Gasteiger partial charge in [0.15, 0.2) is 0 Å². The van der Waals surface area contributed by atoms with Crippen molar-refractivity contribution >= 4 is 6.03 Å². The molecule has 1 aliphatic rings. The third kappa shape index (κ3) is 5.57. The van der Waals surface area contributed by atoms with Crippen LogP contribution in [0, 0.1) is 0 Å². The number of rotatable bonds is 6. The van der Waals surface area contributed by atoms with E-state index in [0.717, 1.165) is 11.3 Å². The van der Waals surface area contributed by atoms with Gasteiger partial charge in [-0.05, 0) is 52.1 Å². The molecule has 0 aromatic heterocycles. The number of carbonyl (C=O) groups excluding carboxylic acids is 1. The molecule has 1 aromatic carbocycles. The van der Waals surface area contributed by atoms with E-state index in [1.165, 1.54) is 0 Å². The van der Waals surface area contributed by atoms with Gasteiger partial charge < -0.3 is 25.6 Å². The van der Waals surface area contributed by atoms with Gasteiger partial charge >= 0.3 is 6.03 Å². The Kier molecular flexibility index (Phi) is 7.23. The molecule has 3 N–H and O–H groups in total. The van der Waals surface area contributed by atoms with Gasteiger partial charge in [-0.25, -0.2) is 9.18 Å². The number of piperidine rings is 1. The third-order valence-electron chi connectivity index (χ3n) is 4.56. The molecular formula is C19H31FN4O2. The molecule has 146 valence electrons. The molecule has 26 heavy (non-hydrogen) atoms. The second-order valence-electron chi connectivity index (χ2n) is 7.32. The van der Waals surface area contributed by atoms with Gasteiger partial charge in [0, 0.05) is 19.6 Å². The van der Waals surface area contributed by atoms with Gasteiger partial charge in [-0.15, -0.1) is 0 Å². The van der Waals surface area contributed by atoms with Gasteiger partial charge in [-0.3, -0.25) is 0 Å². The van der Waals surface area contributed by atoms with Crippen LogP contribution in [-0.2, 0) is 0 Å². The number of likely N-dealkylation sites (tertiary alicyclic amines) is 1. The van der Waals surface area contributed by atoms with E-state index in [1.807, 2.05) is 52.2 Å². The Hall–Kier alpha value is -1.86. The summed E-state index contributed by atoms with van der Waals surface area (Å²) in [5.41, 5.74) is 6.82. The Bertz CT molecular complexity index is 579. The maximum atomic E-state index is 13.5. The van der Waals surface area contributed by atoms with Crippen molar-refractivity contribution in [2.24, 2.45) is 5.73 Å². The average molecular weight is 366 g/mol. The Morgan fingerprint density at radius 3 is 2.58 bits per heavy atom. The normalized spacial score (nSPS) is 21.8. The van der Waals surface area contributed by atoms with Gasteiger partial charge in [0.25, 0.3) is 0 Å². The number of urea groups is 1. The van der Waals surface area contributed by atoms with Crippen LogP contribution in [-0.4, -0.2) is 67.9 Å². The summed E-state index contributed by atoms with van der Waals surface area (Å²) < 4.78 is 19.1. The number of ether oxygens (including phenoxy) is 1. The summed E-state index contributed by atoms with van der Waals surface area (Å²) >= 11 is 0. The van der Waals surface area contributed by atoms with Crippen LogP contribution >= 0.6 is 0 Å². The molecule has 1 heterocycles. The van der Waals surface area contributed by atoms with Gasteiger partial charge in [0.05, 0.1) is 18.2 Å². The van der Waals surface area contributed by atoms with E-state index in [2.05, 4.69) is 10.2 Å². The number of nitrogens with two attached hydrogens (primary N) is 1. The molecule has 0 saturated carbocycles. The SMILES string of the molecule is CC(C)Oc1ccc(C(CNC(=O)N2CC[C@@H](F)[C@H](N)C2)N(C)C)cc1. The highest BCUT2D eigenvalue weighted by molar-refractivity contribution is 5.74. The van der Waals surface area contributed by atoms with E-state index in [0.29, 0.717) is 19.5 Å². The monoisotopic (exact) mass is 366 g/mol. The molecule has 0 bridgehead atoms. The predicted octanol–water partition coefficient (Wildman–Crippen LogP) is 2.16. The summed E-state index contributed by atoms with van der Waals surface area (Å²) in [5, 5.41) is 2.95. The Balaban J connectivity index is 1.94. The number of hydrogen-bond acceptors (Lipinski definition) is 4. The second kappa shape index (κ2) is 9.19. The number of benzene rings is 1. The van der Waals surface area contributed by atoms with E-state index in [4.69, 9.17) is 10.5 Å². The number of nitrogens with zero attached hydrogens (tertiary/aromatic N) is 2. The fourth-order valence-electron chi connectivity index (χ4n) is 3.07. The minimum atomic E-state index is -1.03. The topological polar surface area (TPSA) is 70.8 Å². The Morgan fingerprint density at radius 2 is 2.04 bits per heavy atom. The van der Waals surface area contributed by atoms with Crippen LogP contribution in [0.25, 0.3) is 0 Å². The molecule has 6 nitrogen and oxygen atoms in total. The van der Waals surface area contributed by atoms with Crippen molar-refractivity contribution in [3.05, 3.63) is 29.8 Å². The van der Waals surface area contributed by atoms with Crippen molar-refractivity contribution in [2.75, 3.05) is 33.7 Å². The lowest BCUT2D eigenvalue weighted by molar-refractivity contribution is 0.134. The van der Waals surface area contributed by atoms with Gasteiger partial charge in [-0.2, -0.15) is 0 Å². The van der Waals surface area contributed by atoms with Crippen LogP contribution < -0.4 is 15.8 Å². The van der Waals surface area contributed by atoms with E-state index < -0.39 is 12.2 Å². The number of alkyl halides is 1. The number of nitrogens with one attached hydrogen (secondary N) is 1. The summed E-state index contributed by atoms with van der Waals surface area (Å²) in [4.78, 5) is 16.0. The summed E-state index contributed by atoms with van der Waals surface area (Å²) in [5.74, 6) is 0.827. The second-order valence-corrected chi connectivity index (χ2v) is 7.32. The van der Waals surface area contributed by atoms with Gasteiger partial charge in [0.2, 0.25) is 0 Å². The lowest BCUT2D eigenvalue weighted by Crippen LogP contribution is -2.54. The summed E-state index contributed by atoms with van der Waals surface area (Å²) in [6.45, 7) is 5.09. The number of carbonyl (C=O) groups is 1. The number of halogens is 1. The van der Waals surface area contributed by atoms with E-state index >= 15 is 0 Å². The quantitative estimate of drug-likeness (QED) is 0.809. The first-order valence-electron chi connectivity index (χ1n) is 9.13. The highest BCUT2D eigenvalue weighted by Gasteiger charge is 2.29. The largest absolute Gasteiger partial charge is 0.491 e. The maximum Gasteiger partial charge on any atom is 0.317 e. The molecule has 0 spiro atoms. The number of amides is 2. The lowest BCUT2D eigenvalue weighted by atomic mass is 10.0. The fraction of sp³-hybridized carbons (Fsp3) is 0.632. The standard InChI is InChI=1S/C19H31FN4O2/c1-13(2)26-15-7-5-14(6-8-15)18(23(3)4)11-22-19(25)24-10-9-16(20)17(21)12-24/h5-8,13,16-18H,9-12,21H2,1-4H3,(H,22,25)/t16-,17-,18?/m1/s1. The predicted molar refractivity (Wildman–Crippen MR) is 101 cm³/mol. The average Bonchev–Trinajstić information content (AvgIpc) is 2.58. The first-order valence-corrected chi connectivity index (χ1v) is 9.13. The zero-order chi connectivity index (χ0) is 19.3. The van der Waals surface area contributed by atoms with Crippen molar-refractivity contribution in [3.63, 3.8) is 0 Å². The summed E-state index contributed by atoms with van der Waals surface area (Å²) in [6.07, 6.45) is -0.604. The van der Waals surface area contributed by atoms with Crippen molar-refractivity contribution in [3.8, 4) is 5.75 Å². The number of likely N-dealkylation sites (N-methyl/N-ethyl adjacent to an activating group) is 1. The van der Waals surface area contributed by atoms with Crippen LogP contribution in [0.5, 0.6) is 5.75 Å². The molecule has 1 aromatic rings. The van der Waals surface area contributed by atoms with E-state index in [-0.39, 0.29) is 24.7 Å².